The third-order valence-corrected chi connectivity index (χ3v) is 4.94. The highest BCUT2D eigenvalue weighted by atomic mass is 32.2. The van der Waals surface area contributed by atoms with Crippen LogP contribution in [0.25, 0.3) is 6.08 Å². The Morgan fingerprint density at radius 3 is 2.72 bits per heavy atom. The van der Waals surface area contributed by atoms with Crippen LogP contribution < -0.4 is 0 Å². The second kappa shape index (κ2) is 7.58. The van der Waals surface area contributed by atoms with Gasteiger partial charge in [-0.1, -0.05) is 42.2 Å². The second-order valence-electron chi connectivity index (χ2n) is 5.24. The smallest absolute Gasteiger partial charge is 0.337 e. The predicted molar refractivity (Wildman–Crippen MR) is 101 cm³/mol. The summed E-state index contributed by atoms with van der Waals surface area (Å²) >= 11 is 6.59. The molecule has 1 saturated heterocycles. The minimum atomic E-state index is -0.394. The zero-order valence-corrected chi connectivity index (χ0v) is 15.0. The van der Waals surface area contributed by atoms with E-state index in [1.165, 1.54) is 18.9 Å². The molecule has 0 spiro atoms. The number of hydrogen-bond donors (Lipinski definition) is 0. The second-order valence-corrected chi connectivity index (χ2v) is 6.92. The number of rotatable bonds is 4. The van der Waals surface area contributed by atoms with Crippen LogP contribution in [0, 0.1) is 0 Å². The number of hydrogen-bond acceptors (Lipinski definition) is 6. The van der Waals surface area contributed by atoms with E-state index in [4.69, 9.17) is 12.2 Å². The largest absolute Gasteiger partial charge is 0.465 e. The summed E-state index contributed by atoms with van der Waals surface area (Å²) in [5.74, 6) is -0.523. The number of esters is 1. The number of nitrogens with zero attached hydrogens (tertiary/aromatic N) is 2. The van der Waals surface area contributed by atoms with E-state index in [0.29, 0.717) is 21.3 Å². The van der Waals surface area contributed by atoms with E-state index in [1.807, 2.05) is 12.1 Å². The summed E-state index contributed by atoms with van der Waals surface area (Å²) in [6.45, 7) is 0.400. The lowest BCUT2D eigenvalue weighted by atomic mass is 10.1. The Kier molecular flexibility index (Phi) is 5.25. The first kappa shape index (κ1) is 17.3. The molecule has 1 fully saturated rings. The van der Waals surface area contributed by atoms with Crippen molar-refractivity contribution in [2.75, 3.05) is 7.11 Å². The molecule has 0 radical (unpaired) electrons. The Morgan fingerprint density at radius 2 is 2.08 bits per heavy atom. The molecule has 25 heavy (non-hydrogen) atoms. The molecule has 1 aliphatic rings. The van der Waals surface area contributed by atoms with E-state index in [9.17, 15) is 9.59 Å². The van der Waals surface area contributed by atoms with E-state index in [-0.39, 0.29) is 5.91 Å². The van der Waals surface area contributed by atoms with Gasteiger partial charge < -0.3 is 4.74 Å². The fourth-order valence-electron chi connectivity index (χ4n) is 2.30. The van der Waals surface area contributed by atoms with Gasteiger partial charge in [0.2, 0.25) is 0 Å². The third kappa shape index (κ3) is 3.94. The van der Waals surface area contributed by atoms with Crippen LogP contribution >= 0.6 is 24.0 Å². The van der Waals surface area contributed by atoms with Crippen molar-refractivity contribution < 1.29 is 14.3 Å². The minimum absolute atomic E-state index is 0.129. The number of methoxy groups -OCH3 is 1. The van der Waals surface area contributed by atoms with Gasteiger partial charge in [0.15, 0.2) is 0 Å². The molecule has 1 amide bonds. The molecule has 5 nitrogen and oxygen atoms in total. The molecule has 0 bridgehead atoms. The highest BCUT2D eigenvalue weighted by Gasteiger charge is 2.31. The fraction of sp³-hybridized carbons (Fsp3) is 0.111. The molecular weight excluding hydrogens is 356 g/mol. The SMILES string of the molecule is COC(=O)c1ccc(C=C2SC(=S)N(Cc3cccnc3)C2=O)cc1. The van der Waals surface area contributed by atoms with Gasteiger partial charge in [0.05, 0.1) is 24.1 Å². The Morgan fingerprint density at radius 1 is 1.32 bits per heavy atom. The lowest BCUT2D eigenvalue weighted by molar-refractivity contribution is -0.122. The highest BCUT2D eigenvalue weighted by molar-refractivity contribution is 8.26. The van der Waals surface area contributed by atoms with Crippen LogP contribution in [-0.2, 0) is 16.1 Å². The van der Waals surface area contributed by atoms with E-state index in [1.54, 1.807) is 47.6 Å². The minimum Gasteiger partial charge on any atom is -0.465 e. The summed E-state index contributed by atoms with van der Waals surface area (Å²) in [5, 5.41) is 0. The van der Waals surface area contributed by atoms with Crippen molar-refractivity contribution in [3.63, 3.8) is 0 Å². The van der Waals surface area contributed by atoms with Gasteiger partial charge in [-0.05, 0) is 35.4 Å². The van der Waals surface area contributed by atoms with Gasteiger partial charge in [-0.15, -0.1) is 0 Å². The quantitative estimate of drug-likeness (QED) is 0.468. The van der Waals surface area contributed by atoms with Crippen LogP contribution in [0.1, 0.15) is 21.5 Å². The van der Waals surface area contributed by atoms with E-state index in [0.717, 1.165) is 11.1 Å². The van der Waals surface area contributed by atoms with Crippen molar-refractivity contribution in [2.45, 2.75) is 6.54 Å². The third-order valence-electron chi connectivity index (χ3n) is 3.57. The number of aromatic nitrogens is 1. The lowest BCUT2D eigenvalue weighted by Crippen LogP contribution is -2.27. The maximum Gasteiger partial charge on any atom is 0.337 e. The first-order valence-electron chi connectivity index (χ1n) is 7.41. The van der Waals surface area contributed by atoms with Gasteiger partial charge >= 0.3 is 5.97 Å². The van der Waals surface area contributed by atoms with Gasteiger partial charge in [-0.25, -0.2) is 4.79 Å². The summed E-state index contributed by atoms with van der Waals surface area (Å²) in [7, 11) is 1.34. The van der Waals surface area contributed by atoms with Gasteiger partial charge in [0.1, 0.15) is 4.32 Å². The monoisotopic (exact) mass is 370 g/mol. The molecular formula is C18H14N2O3S2. The topological polar surface area (TPSA) is 59.5 Å². The van der Waals surface area contributed by atoms with Crippen molar-refractivity contribution in [2.24, 2.45) is 0 Å². The van der Waals surface area contributed by atoms with Crippen molar-refractivity contribution >= 4 is 46.3 Å². The molecule has 2 aromatic rings. The number of carbonyl (C=O) groups excluding carboxylic acids is 2. The summed E-state index contributed by atoms with van der Waals surface area (Å²) in [6.07, 6.45) is 5.17. The molecule has 3 rings (SSSR count). The fourth-order valence-corrected chi connectivity index (χ4v) is 3.55. The number of ether oxygens (including phenoxy) is 1. The summed E-state index contributed by atoms with van der Waals surface area (Å²) in [6, 6.07) is 10.6. The summed E-state index contributed by atoms with van der Waals surface area (Å²) < 4.78 is 5.19. The van der Waals surface area contributed by atoms with Crippen LogP contribution in [0.4, 0.5) is 0 Å². The van der Waals surface area contributed by atoms with Crippen molar-refractivity contribution in [3.05, 3.63) is 70.4 Å². The Labute approximate surface area is 154 Å². The van der Waals surface area contributed by atoms with Crippen LogP contribution in [-0.4, -0.2) is 33.2 Å². The molecule has 126 valence electrons. The Hall–Kier alpha value is -2.51. The Bertz CT molecular complexity index is 848. The van der Waals surface area contributed by atoms with Gasteiger partial charge in [0, 0.05) is 12.4 Å². The average molecular weight is 370 g/mol. The van der Waals surface area contributed by atoms with E-state index in [2.05, 4.69) is 9.72 Å². The first-order valence-corrected chi connectivity index (χ1v) is 8.63. The maximum atomic E-state index is 12.6. The zero-order valence-electron chi connectivity index (χ0n) is 13.3. The van der Waals surface area contributed by atoms with Crippen molar-refractivity contribution in [3.8, 4) is 0 Å². The van der Waals surface area contributed by atoms with Crippen LogP contribution in [0.15, 0.2) is 53.7 Å². The zero-order chi connectivity index (χ0) is 17.8. The van der Waals surface area contributed by atoms with Gasteiger partial charge in [-0.3, -0.25) is 14.7 Å². The molecule has 1 aromatic carbocycles. The summed E-state index contributed by atoms with van der Waals surface area (Å²) in [4.78, 5) is 30.2. The molecule has 0 saturated carbocycles. The standard InChI is InChI=1S/C18H14N2O3S2/c1-23-17(22)14-6-4-12(5-7-14)9-15-16(21)20(18(24)25-15)11-13-3-2-8-19-10-13/h2-10H,11H2,1H3. The number of thiocarbonyl (C=S) groups is 1. The van der Waals surface area contributed by atoms with Crippen LogP contribution in [0.3, 0.4) is 0 Å². The molecule has 1 aliphatic heterocycles. The number of thioether (sulfide) groups is 1. The van der Waals surface area contributed by atoms with E-state index >= 15 is 0 Å². The van der Waals surface area contributed by atoms with Crippen molar-refractivity contribution in [1.29, 1.82) is 0 Å². The number of amides is 1. The number of benzene rings is 1. The van der Waals surface area contributed by atoms with Gasteiger partial charge in [0.25, 0.3) is 5.91 Å². The van der Waals surface area contributed by atoms with Crippen molar-refractivity contribution in [1.82, 2.24) is 9.88 Å². The maximum absolute atomic E-state index is 12.6. The molecule has 7 heteroatoms. The normalized spacial score (nSPS) is 15.7. The van der Waals surface area contributed by atoms with E-state index < -0.39 is 5.97 Å². The summed E-state index contributed by atoms with van der Waals surface area (Å²) in [5.41, 5.74) is 2.20. The highest BCUT2D eigenvalue weighted by Crippen LogP contribution is 2.33. The Balaban J connectivity index is 1.77. The lowest BCUT2D eigenvalue weighted by Gasteiger charge is -2.13. The van der Waals surface area contributed by atoms with Crippen LogP contribution in [0.2, 0.25) is 0 Å². The predicted octanol–water partition coefficient (Wildman–Crippen LogP) is 3.27. The molecule has 2 heterocycles. The number of carbonyl (C=O) groups is 2. The molecule has 0 N–H and O–H groups in total. The average Bonchev–Trinajstić information content (AvgIpc) is 2.90. The molecule has 0 aliphatic carbocycles. The first-order chi connectivity index (χ1) is 12.1. The molecule has 0 unspecified atom stereocenters. The van der Waals surface area contributed by atoms with Crippen LogP contribution in [0.5, 0.6) is 0 Å². The van der Waals surface area contributed by atoms with Gasteiger partial charge in [-0.2, -0.15) is 0 Å². The number of pyridine rings is 1. The molecule has 0 atom stereocenters. The molecule has 1 aromatic heterocycles.